The van der Waals surface area contributed by atoms with Crippen LogP contribution in [0.2, 0.25) is 5.02 Å². The number of benzene rings is 1. The number of aromatic nitrogens is 2. The summed E-state index contributed by atoms with van der Waals surface area (Å²) in [7, 11) is 0. The number of hydrogen-bond donors (Lipinski definition) is 1. The van der Waals surface area contributed by atoms with Gasteiger partial charge >= 0.3 is 6.09 Å². The van der Waals surface area contributed by atoms with Crippen LogP contribution in [0.25, 0.3) is 10.6 Å². The summed E-state index contributed by atoms with van der Waals surface area (Å²) in [6.07, 6.45) is 2.53. The summed E-state index contributed by atoms with van der Waals surface area (Å²) < 4.78 is 5.47. The number of anilines is 1. The molecule has 2 aromatic heterocycles. The number of halogens is 1. The third-order valence-corrected chi connectivity index (χ3v) is 5.07. The van der Waals surface area contributed by atoms with Crippen molar-refractivity contribution in [1.82, 2.24) is 9.97 Å². The number of ether oxygens (including phenoxy) is 1. The predicted octanol–water partition coefficient (Wildman–Crippen LogP) is 5.48. The van der Waals surface area contributed by atoms with Crippen molar-refractivity contribution in [2.24, 2.45) is 0 Å². The molecule has 0 saturated heterocycles. The zero-order chi connectivity index (χ0) is 17.8. The van der Waals surface area contributed by atoms with Crippen LogP contribution >= 0.6 is 22.9 Å². The van der Waals surface area contributed by atoms with Crippen molar-refractivity contribution in [3.8, 4) is 10.6 Å². The largest absolute Gasteiger partial charge is 0.440 e. The summed E-state index contributed by atoms with van der Waals surface area (Å²) in [5.41, 5.74) is 2.37. The molecule has 0 saturated carbocycles. The molecule has 1 atom stereocenters. The number of amides is 1. The van der Waals surface area contributed by atoms with E-state index in [9.17, 15) is 4.79 Å². The fourth-order valence-electron chi connectivity index (χ4n) is 2.33. The molecule has 0 spiro atoms. The summed E-state index contributed by atoms with van der Waals surface area (Å²) in [5, 5.41) is 4.07. The van der Waals surface area contributed by atoms with Crippen LogP contribution in [-0.4, -0.2) is 16.1 Å². The summed E-state index contributed by atoms with van der Waals surface area (Å²) >= 11 is 7.40. The maximum absolute atomic E-state index is 12.1. The lowest BCUT2D eigenvalue weighted by molar-refractivity contribution is 0.122. The molecule has 128 valence electrons. The molecule has 1 amide bonds. The highest BCUT2D eigenvalue weighted by Gasteiger charge is 2.19. The van der Waals surface area contributed by atoms with Crippen molar-refractivity contribution >= 4 is 34.7 Å². The van der Waals surface area contributed by atoms with Gasteiger partial charge in [-0.25, -0.2) is 9.78 Å². The number of carbonyl (C=O) groups excluding carboxylic acids is 1. The number of aryl methyl sites for hydroxylation is 1. The SMILES string of the molecule is Cc1nc(-c2cccnc2)sc1[C@H](C)OC(=O)Nc1cccc(Cl)c1. The van der Waals surface area contributed by atoms with E-state index in [4.69, 9.17) is 16.3 Å². The minimum atomic E-state index is -0.537. The second kappa shape index (κ2) is 7.63. The lowest BCUT2D eigenvalue weighted by Gasteiger charge is -2.13. The van der Waals surface area contributed by atoms with E-state index in [0.29, 0.717) is 10.7 Å². The standard InChI is InChI=1S/C18H16ClN3O2S/c1-11-16(25-17(21-11)13-5-4-8-20-10-13)12(2)24-18(23)22-15-7-3-6-14(19)9-15/h3-10,12H,1-2H3,(H,22,23)/t12-/m0/s1. The van der Waals surface area contributed by atoms with Crippen LogP contribution in [0.1, 0.15) is 23.6 Å². The van der Waals surface area contributed by atoms with Gasteiger partial charge in [0.2, 0.25) is 0 Å². The summed E-state index contributed by atoms with van der Waals surface area (Å²) in [6.45, 7) is 3.73. The van der Waals surface area contributed by atoms with Gasteiger partial charge < -0.3 is 4.74 Å². The van der Waals surface area contributed by atoms with Gasteiger partial charge in [-0.2, -0.15) is 0 Å². The van der Waals surface area contributed by atoms with E-state index in [-0.39, 0.29) is 0 Å². The first-order chi connectivity index (χ1) is 12.0. The average Bonchev–Trinajstić information content (AvgIpc) is 2.97. The Morgan fingerprint density at radius 1 is 1.32 bits per heavy atom. The number of carbonyl (C=O) groups is 1. The van der Waals surface area contributed by atoms with E-state index in [1.54, 1.807) is 36.7 Å². The van der Waals surface area contributed by atoms with Gasteiger partial charge in [-0.3, -0.25) is 10.3 Å². The smallest absolute Gasteiger partial charge is 0.412 e. The zero-order valence-electron chi connectivity index (χ0n) is 13.7. The minimum absolute atomic E-state index is 0.415. The first-order valence-corrected chi connectivity index (χ1v) is 8.83. The van der Waals surface area contributed by atoms with E-state index >= 15 is 0 Å². The van der Waals surface area contributed by atoms with Gasteiger partial charge in [-0.15, -0.1) is 11.3 Å². The molecular weight excluding hydrogens is 358 g/mol. The Labute approximate surface area is 154 Å². The van der Waals surface area contributed by atoms with E-state index in [1.165, 1.54) is 11.3 Å². The Hall–Kier alpha value is -2.44. The molecule has 0 aliphatic rings. The van der Waals surface area contributed by atoms with Gasteiger partial charge in [-0.1, -0.05) is 17.7 Å². The Morgan fingerprint density at radius 3 is 2.88 bits per heavy atom. The van der Waals surface area contributed by atoms with Crippen molar-refractivity contribution in [3.63, 3.8) is 0 Å². The van der Waals surface area contributed by atoms with Crippen LogP contribution < -0.4 is 5.32 Å². The first-order valence-electron chi connectivity index (χ1n) is 7.64. The average molecular weight is 374 g/mol. The third kappa shape index (κ3) is 4.35. The summed E-state index contributed by atoms with van der Waals surface area (Å²) in [6, 6.07) is 10.7. The monoisotopic (exact) mass is 373 g/mol. The van der Waals surface area contributed by atoms with Gasteiger partial charge in [-0.05, 0) is 44.2 Å². The Morgan fingerprint density at radius 2 is 2.16 bits per heavy atom. The molecule has 7 heteroatoms. The van der Waals surface area contributed by atoms with Crippen LogP contribution in [-0.2, 0) is 4.74 Å². The van der Waals surface area contributed by atoms with E-state index in [1.807, 2.05) is 26.0 Å². The number of nitrogens with zero attached hydrogens (tertiary/aromatic N) is 2. The fourth-order valence-corrected chi connectivity index (χ4v) is 3.55. The Bertz CT molecular complexity index is 883. The number of pyridine rings is 1. The summed E-state index contributed by atoms with van der Waals surface area (Å²) in [4.78, 5) is 21.7. The van der Waals surface area contributed by atoms with Crippen LogP contribution in [0, 0.1) is 6.92 Å². The molecule has 0 aliphatic carbocycles. The summed E-state index contributed by atoms with van der Waals surface area (Å²) in [5.74, 6) is 0. The van der Waals surface area contributed by atoms with Crippen LogP contribution in [0.4, 0.5) is 10.5 Å². The molecule has 1 N–H and O–H groups in total. The lowest BCUT2D eigenvalue weighted by Crippen LogP contribution is -2.15. The lowest BCUT2D eigenvalue weighted by atomic mass is 10.3. The quantitative estimate of drug-likeness (QED) is 0.658. The highest BCUT2D eigenvalue weighted by Crippen LogP contribution is 2.33. The number of hydrogen-bond acceptors (Lipinski definition) is 5. The van der Waals surface area contributed by atoms with Crippen molar-refractivity contribution in [2.45, 2.75) is 20.0 Å². The van der Waals surface area contributed by atoms with Gasteiger partial charge in [0.05, 0.1) is 10.6 Å². The van der Waals surface area contributed by atoms with Crippen LogP contribution in [0.15, 0.2) is 48.8 Å². The molecule has 0 aliphatic heterocycles. The zero-order valence-corrected chi connectivity index (χ0v) is 15.3. The van der Waals surface area contributed by atoms with Gasteiger partial charge in [0.1, 0.15) is 11.1 Å². The molecular formula is C18H16ClN3O2S. The van der Waals surface area contributed by atoms with Crippen molar-refractivity contribution in [1.29, 1.82) is 0 Å². The molecule has 1 aromatic carbocycles. The predicted molar refractivity (Wildman–Crippen MR) is 100 cm³/mol. The maximum atomic E-state index is 12.1. The number of thiazole rings is 1. The highest BCUT2D eigenvalue weighted by molar-refractivity contribution is 7.15. The molecule has 5 nitrogen and oxygen atoms in total. The molecule has 25 heavy (non-hydrogen) atoms. The maximum Gasteiger partial charge on any atom is 0.412 e. The van der Waals surface area contributed by atoms with Crippen molar-refractivity contribution in [2.75, 3.05) is 5.32 Å². The van der Waals surface area contributed by atoms with Gasteiger partial charge in [0.15, 0.2) is 0 Å². The number of nitrogens with one attached hydrogen (secondary N) is 1. The van der Waals surface area contributed by atoms with Crippen molar-refractivity contribution < 1.29 is 9.53 Å². The number of rotatable bonds is 4. The molecule has 0 radical (unpaired) electrons. The second-order valence-electron chi connectivity index (χ2n) is 5.39. The van der Waals surface area contributed by atoms with Gasteiger partial charge in [0, 0.05) is 28.7 Å². The van der Waals surface area contributed by atoms with E-state index in [2.05, 4.69) is 15.3 Å². The van der Waals surface area contributed by atoms with Crippen molar-refractivity contribution in [3.05, 3.63) is 64.4 Å². The molecule has 0 bridgehead atoms. The minimum Gasteiger partial charge on any atom is -0.440 e. The molecule has 3 aromatic rings. The molecule has 0 fully saturated rings. The third-order valence-electron chi connectivity index (χ3n) is 3.47. The molecule has 2 heterocycles. The first kappa shape index (κ1) is 17.4. The van der Waals surface area contributed by atoms with E-state index < -0.39 is 12.2 Å². The highest BCUT2D eigenvalue weighted by atomic mass is 35.5. The van der Waals surface area contributed by atoms with E-state index in [0.717, 1.165) is 21.1 Å². The van der Waals surface area contributed by atoms with Crippen LogP contribution in [0.5, 0.6) is 0 Å². The second-order valence-corrected chi connectivity index (χ2v) is 6.86. The fraction of sp³-hybridized carbons (Fsp3) is 0.167. The Balaban J connectivity index is 1.70. The molecule has 0 unspecified atom stereocenters. The molecule has 3 rings (SSSR count). The van der Waals surface area contributed by atoms with Gasteiger partial charge in [0.25, 0.3) is 0 Å². The Kier molecular flexibility index (Phi) is 5.31. The van der Waals surface area contributed by atoms with Crippen LogP contribution in [0.3, 0.4) is 0 Å². The normalized spacial score (nSPS) is 11.8. The topological polar surface area (TPSA) is 64.1 Å².